The molecule has 0 unspecified atom stereocenters. The number of hydrogen-bond acceptors (Lipinski definition) is 8. The highest BCUT2D eigenvalue weighted by atomic mass is 32.2. The molecular formula is C20H24N4O3S3. The van der Waals surface area contributed by atoms with Crippen molar-refractivity contribution in [2.45, 2.75) is 45.8 Å². The Labute approximate surface area is 187 Å². The minimum atomic E-state index is -0.419. The number of nitrogens with one attached hydrogen (secondary N) is 1. The van der Waals surface area contributed by atoms with Gasteiger partial charge in [0, 0.05) is 27.2 Å². The third-order valence-electron chi connectivity index (χ3n) is 4.23. The maximum absolute atomic E-state index is 12.6. The lowest BCUT2D eigenvalue weighted by Crippen LogP contribution is -2.16. The third-order valence-corrected chi connectivity index (χ3v) is 7.26. The second-order valence-corrected chi connectivity index (χ2v) is 9.56. The average Bonchev–Trinajstić information content (AvgIpc) is 3.44. The molecule has 160 valence electrons. The summed E-state index contributed by atoms with van der Waals surface area (Å²) in [5.41, 5.74) is 1.44. The van der Waals surface area contributed by atoms with Crippen molar-refractivity contribution in [3.05, 3.63) is 32.8 Å². The number of hydrogen-bond donors (Lipinski definition) is 1. The van der Waals surface area contributed by atoms with Gasteiger partial charge >= 0.3 is 5.97 Å². The Balaban J connectivity index is 1.69. The first kappa shape index (κ1) is 22.5. The topological polar surface area (TPSA) is 86.1 Å². The second kappa shape index (κ2) is 10.2. The highest BCUT2D eigenvalue weighted by molar-refractivity contribution is 7.99. The number of aromatic nitrogens is 3. The van der Waals surface area contributed by atoms with Crippen molar-refractivity contribution in [3.63, 3.8) is 0 Å². The molecule has 0 spiro atoms. The van der Waals surface area contributed by atoms with Crippen LogP contribution in [0.1, 0.15) is 40.9 Å². The van der Waals surface area contributed by atoms with Crippen LogP contribution in [0.2, 0.25) is 0 Å². The second-order valence-electron chi connectivity index (χ2n) is 6.36. The van der Waals surface area contributed by atoms with Crippen LogP contribution in [-0.2, 0) is 22.5 Å². The van der Waals surface area contributed by atoms with Crippen LogP contribution in [0.25, 0.3) is 11.4 Å². The van der Waals surface area contributed by atoms with Crippen molar-refractivity contribution in [2.75, 3.05) is 17.7 Å². The van der Waals surface area contributed by atoms with Crippen LogP contribution in [0.15, 0.2) is 22.7 Å². The molecule has 0 aliphatic heterocycles. The Morgan fingerprint density at radius 1 is 1.23 bits per heavy atom. The van der Waals surface area contributed by atoms with E-state index in [1.54, 1.807) is 24.3 Å². The monoisotopic (exact) mass is 464 g/mol. The van der Waals surface area contributed by atoms with Crippen molar-refractivity contribution in [1.82, 2.24) is 14.8 Å². The molecule has 0 aliphatic rings. The molecule has 0 saturated heterocycles. The Morgan fingerprint density at radius 2 is 2.03 bits per heavy atom. The highest BCUT2D eigenvalue weighted by Gasteiger charge is 2.20. The number of carbonyl (C=O) groups excluding carboxylic acids is 2. The molecular weight excluding hydrogens is 440 g/mol. The van der Waals surface area contributed by atoms with Crippen LogP contribution in [0.5, 0.6) is 0 Å². The molecule has 0 radical (unpaired) electrons. The zero-order valence-electron chi connectivity index (χ0n) is 17.4. The molecule has 3 aromatic heterocycles. The first-order valence-corrected chi connectivity index (χ1v) is 12.4. The summed E-state index contributed by atoms with van der Waals surface area (Å²) in [6.45, 7) is 8.85. The lowest BCUT2D eigenvalue weighted by Gasteiger charge is -2.07. The number of thioether (sulfide) groups is 1. The van der Waals surface area contributed by atoms with E-state index in [-0.39, 0.29) is 18.3 Å². The van der Waals surface area contributed by atoms with Crippen molar-refractivity contribution >= 4 is 51.3 Å². The molecule has 0 aromatic carbocycles. The van der Waals surface area contributed by atoms with Gasteiger partial charge in [-0.2, -0.15) is 0 Å². The normalized spacial score (nSPS) is 10.9. The van der Waals surface area contributed by atoms with E-state index >= 15 is 0 Å². The van der Waals surface area contributed by atoms with Gasteiger partial charge in [-0.1, -0.05) is 18.7 Å². The molecule has 0 atom stereocenters. The SMILES string of the molecule is CCOC(=O)c1cc(CC)sc1NC(=O)CSc1nnc(-c2csc(C)c2)n1CC. The number of ether oxygens (including phenoxy) is 1. The molecule has 3 heterocycles. The fourth-order valence-corrected chi connectivity index (χ4v) is 5.30. The molecule has 0 fully saturated rings. The molecule has 7 nitrogen and oxygen atoms in total. The maximum atomic E-state index is 12.6. The van der Waals surface area contributed by atoms with Crippen LogP contribution < -0.4 is 5.32 Å². The summed E-state index contributed by atoms with van der Waals surface area (Å²) in [7, 11) is 0. The Hall–Kier alpha value is -2.17. The summed E-state index contributed by atoms with van der Waals surface area (Å²) in [4.78, 5) is 27.0. The first-order chi connectivity index (χ1) is 14.5. The van der Waals surface area contributed by atoms with Crippen molar-refractivity contribution in [2.24, 2.45) is 0 Å². The van der Waals surface area contributed by atoms with Gasteiger partial charge in [-0.25, -0.2) is 4.79 Å². The van der Waals surface area contributed by atoms with Gasteiger partial charge in [0.1, 0.15) is 5.00 Å². The van der Waals surface area contributed by atoms with Crippen LogP contribution in [0.3, 0.4) is 0 Å². The number of nitrogens with zero attached hydrogens (tertiary/aromatic N) is 3. The number of anilines is 1. The Morgan fingerprint density at radius 3 is 2.67 bits per heavy atom. The molecule has 1 N–H and O–H groups in total. The van der Waals surface area contributed by atoms with Crippen LogP contribution >= 0.6 is 34.4 Å². The summed E-state index contributed by atoms with van der Waals surface area (Å²) in [5, 5.41) is 14.7. The quantitative estimate of drug-likeness (QED) is 0.359. The average molecular weight is 465 g/mol. The lowest BCUT2D eigenvalue weighted by molar-refractivity contribution is -0.113. The summed E-state index contributed by atoms with van der Waals surface area (Å²) in [6.07, 6.45) is 0.784. The van der Waals surface area contributed by atoms with Crippen molar-refractivity contribution in [3.8, 4) is 11.4 Å². The highest BCUT2D eigenvalue weighted by Crippen LogP contribution is 2.30. The van der Waals surface area contributed by atoms with E-state index in [0.29, 0.717) is 22.3 Å². The number of aryl methyl sites for hydroxylation is 2. The lowest BCUT2D eigenvalue weighted by atomic mass is 10.2. The predicted molar refractivity (Wildman–Crippen MR) is 123 cm³/mol. The summed E-state index contributed by atoms with van der Waals surface area (Å²) in [6, 6.07) is 3.87. The largest absolute Gasteiger partial charge is 0.462 e. The summed E-state index contributed by atoms with van der Waals surface area (Å²) in [5.74, 6) is 0.356. The van der Waals surface area contributed by atoms with Crippen molar-refractivity contribution < 1.29 is 14.3 Å². The van der Waals surface area contributed by atoms with Crippen LogP contribution in [-0.4, -0.2) is 39.0 Å². The van der Waals surface area contributed by atoms with Gasteiger partial charge in [-0.15, -0.1) is 32.9 Å². The standard InChI is InChI=1S/C20H24N4O3S3/c1-5-14-9-15(19(26)27-7-3)18(30-14)21-16(25)11-29-20-23-22-17(24(20)6-2)13-8-12(4)28-10-13/h8-10H,5-7,11H2,1-4H3,(H,21,25). The maximum Gasteiger partial charge on any atom is 0.341 e. The molecule has 30 heavy (non-hydrogen) atoms. The zero-order chi connectivity index (χ0) is 21.7. The molecule has 10 heteroatoms. The van der Waals surface area contributed by atoms with Crippen molar-refractivity contribution in [1.29, 1.82) is 0 Å². The van der Waals surface area contributed by atoms with Gasteiger partial charge in [0.05, 0.1) is 17.9 Å². The van der Waals surface area contributed by atoms with Gasteiger partial charge in [-0.05, 0) is 39.3 Å². The third kappa shape index (κ3) is 5.11. The Kier molecular flexibility index (Phi) is 7.68. The fraction of sp³-hybridized carbons (Fsp3) is 0.400. The van der Waals surface area contributed by atoms with E-state index in [0.717, 1.165) is 22.7 Å². The van der Waals surface area contributed by atoms with E-state index in [1.807, 2.05) is 18.4 Å². The number of amides is 1. The van der Waals surface area contributed by atoms with E-state index in [2.05, 4.69) is 33.9 Å². The number of carbonyl (C=O) groups is 2. The number of rotatable bonds is 9. The van der Waals surface area contributed by atoms with E-state index in [4.69, 9.17) is 4.74 Å². The molecule has 0 saturated carbocycles. The van der Waals surface area contributed by atoms with Crippen LogP contribution in [0.4, 0.5) is 5.00 Å². The van der Waals surface area contributed by atoms with Crippen LogP contribution in [0, 0.1) is 6.92 Å². The predicted octanol–water partition coefficient (Wildman–Crippen LogP) is 4.87. The van der Waals surface area contributed by atoms with E-state index in [9.17, 15) is 9.59 Å². The molecule has 1 amide bonds. The van der Waals surface area contributed by atoms with Gasteiger partial charge in [-0.3, -0.25) is 4.79 Å². The van der Waals surface area contributed by atoms with Gasteiger partial charge in [0.15, 0.2) is 11.0 Å². The minimum absolute atomic E-state index is 0.169. The van der Waals surface area contributed by atoms with Gasteiger partial charge in [0.25, 0.3) is 0 Å². The number of esters is 1. The Bertz CT molecular complexity index is 1040. The minimum Gasteiger partial charge on any atom is -0.462 e. The van der Waals surface area contributed by atoms with E-state index < -0.39 is 5.97 Å². The van der Waals surface area contributed by atoms with E-state index in [1.165, 1.54) is 28.0 Å². The zero-order valence-corrected chi connectivity index (χ0v) is 19.8. The summed E-state index contributed by atoms with van der Waals surface area (Å²) >= 11 is 4.40. The first-order valence-electron chi connectivity index (χ1n) is 9.67. The van der Waals surface area contributed by atoms with Gasteiger partial charge < -0.3 is 14.6 Å². The summed E-state index contributed by atoms with van der Waals surface area (Å²) < 4.78 is 7.11. The smallest absolute Gasteiger partial charge is 0.341 e. The number of thiophene rings is 2. The molecule has 0 bridgehead atoms. The molecule has 3 rings (SSSR count). The van der Waals surface area contributed by atoms with Gasteiger partial charge in [0.2, 0.25) is 5.91 Å². The fourth-order valence-electron chi connectivity index (χ4n) is 2.82. The molecule has 3 aromatic rings. The molecule has 0 aliphatic carbocycles.